The fourth-order valence-corrected chi connectivity index (χ4v) is 2.08. The van der Waals surface area contributed by atoms with Gasteiger partial charge in [-0.1, -0.05) is 61.4 Å². The molecule has 0 heteroatoms. The molecular formula is C15H18. The van der Waals surface area contributed by atoms with Gasteiger partial charge in [0.15, 0.2) is 0 Å². The van der Waals surface area contributed by atoms with Crippen LogP contribution in [0.15, 0.2) is 47.6 Å². The summed E-state index contributed by atoms with van der Waals surface area (Å²) in [6.45, 7) is 6.79. The van der Waals surface area contributed by atoms with E-state index in [1.54, 1.807) is 5.57 Å². The lowest BCUT2D eigenvalue weighted by Crippen LogP contribution is -1.90. The minimum Gasteiger partial charge on any atom is -0.0630 e. The lowest BCUT2D eigenvalue weighted by Gasteiger charge is -2.04. The highest BCUT2D eigenvalue weighted by molar-refractivity contribution is 5.80. The first-order valence-electron chi connectivity index (χ1n) is 5.64. The first-order chi connectivity index (χ1) is 7.18. The van der Waals surface area contributed by atoms with E-state index in [9.17, 15) is 0 Å². The maximum absolute atomic E-state index is 2.37. The van der Waals surface area contributed by atoms with E-state index in [0.717, 1.165) is 6.42 Å². The van der Waals surface area contributed by atoms with Gasteiger partial charge in [-0.05, 0) is 30.4 Å². The van der Waals surface area contributed by atoms with Crippen LogP contribution in [0.5, 0.6) is 0 Å². The van der Waals surface area contributed by atoms with Gasteiger partial charge < -0.3 is 0 Å². The van der Waals surface area contributed by atoms with Crippen LogP contribution in [0.1, 0.15) is 32.8 Å². The van der Waals surface area contributed by atoms with Crippen LogP contribution < -0.4 is 0 Å². The number of hydrogen-bond acceptors (Lipinski definition) is 0. The standard InChI is InChI=1S/C15H18/c1-11(2)14-9-12(3)15(10-14)13-7-5-4-6-8-13/h4-8,10-11H,9H2,1-3H3. The molecule has 78 valence electrons. The van der Waals surface area contributed by atoms with Crippen molar-refractivity contribution in [2.75, 3.05) is 0 Å². The molecule has 1 aliphatic carbocycles. The summed E-state index contributed by atoms with van der Waals surface area (Å²) in [5.41, 5.74) is 5.85. The van der Waals surface area contributed by atoms with Gasteiger partial charge in [-0.3, -0.25) is 0 Å². The molecule has 2 rings (SSSR count). The van der Waals surface area contributed by atoms with Crippen molar-refractivity contribution in [3.05, 3.63) is 53.1 Å². The second kappa shape index (κ2) is 4.06. The molecule has 0 bridgehead atoms. The quantitative estimate of drug-likeness (QED) is 0.658. The zero-order chi connectivity index (χ0) is 10.8. The summed E-state index contributed by atoms with van der Waals surface area (Å²) in [4.78, 5) is 0. The molecule has 1 aliphatic rings. The Labute approximate surface area is 92.3 Å². The SMILES string of the molecule is CC1=C(c2ccccc2)C=C(C(C)C)C1. The van der Waals surface area contributed by atoms with E-state index >= 15 is 0 Å². The second-order valence-electron chi connectivity index (χ2n) is 4.61. The van der Waals surface area contributed by atoms with Crippen molar-refractivity contribution in [1.29, 1.82) is 0 Å². The van der Waals surface area contributed by atoms with Gasteiger partial charge in [0, 0.05) is 0 Å². The number of allylic oxidation sites excluding steroid dienone is 4. The molecule has 0 saturated carbocycles. The van der Waals surface area contributed by atoms with E-state index in [-0.39, 0.29) is 0 Å². The van der Waals surface area contributed by atoms with Crippen molar-refractivity contribution in [2.24, 2.45) is 5.92 Å². The van der Waals surface area contributed by atoms with Crippen molar-refractivity contribution in [3.63, 3.8) is 0 Å². The summed E-state index contributed by atoms with van der Waals surface area (Å²) in [6.07, 6.45) is 3.53. The summed E-state index contributed by atoms with van der Waals surface area (Å²) >= 11 is 0. The fourth-order valence-electron chi connectivity index (χ4n) is 2.08. The van der Waals surface area contributed by atoms with Crippen LogP contribution in [0, 0.1) is 5.92 Å². The normalized spacial score (nSPS) is 16.1. The van der Waals surface area contributed by atoms with E-state index in [1.165, 1.54) is 16.7 Å². The van der Waals surface area contributed by atoms with Crippen LogP contribution in [-0.2, 0) is 0 Å². The molecule has 0 saturated heterocycles. The summed E-state index contributed by atoms with van der Waals surface area (Å²) in [7, 11) is 0. The van der Waals surface area contributed by atoms with E-state index < -0.39 is 0 Å². The van der Waals surface area contributed by atoms with Crippen LogP contribution in [0.3, 0.4) is 0 Å². The predicted molar refractivity (Wildman–Crippen MR) is 66.6 cm³/mol. The molecule has 15 heavy (non-hydrogen) atoms. The van der Waals surface area contributed by atoms with Crippen LogP contribution in [0.25, 0.3) is 5.57 Å². The number of benzene rings is 1. The van der Waals surface area contributed by atoms with Gasteiger partial charge in [-0.25, -0.2) is 0 Å². The Morgan fingerprint density at radius 3 is 2.27 bits per heavy atom. The molecule has 0 radical (unpaired) electrons. The second-order valence-corrected chi connectivity index (χ2v) is 4.61. The number of hydrogen-bond donors (Lipinski definition) is 0. The molecule has 0 N–H and O–H groups in total. The topological polar surface area (TPSA) is 0 Å². The number of rotatable bonds is 2. The maximum atomic E-state index is 2.37. The average Bonchev–Trinajstić information content (AvgIpc) is 2.62. The third-order valence-electron chi connectivity index (χ3n) is 3.09. The lowest BCUT2D eigenvalue weighted by molar-refractivity contribution is 0.746. The van der Waals surface area contributed by atoms with Gasteiger partial charge in [-0.15, -0.1) is 0 Å². The van der Waals surface area contributed by atoms with Crippen molar-refractivity contribution in [3.8, 4) is 0 Å². The van der Waals surface area contributed by atoms with Crippen molar-refractivity contribution in [2.45, 2.75) is 27.2 Å². The Hall–Kier alpha value is -1.30. The molecule has 1 aromatic rings. The highest BCUT2D eigenvalue weighted by Gasteiger charge is 2.15. The summed E-state index contributed by atoms with van der Waals surface area (Å²) in [6, 6.07) is 10.7. The van der Waals surface area contributed by atoms with Gasteiger partial charge >= 0.3 is 0 Å². The summed E-state index contributed by atoms with van der Waals surface area (Å²) in [5, 5.41) is 0. The first kappa shape index (κ1) is 10.2. The third-order valence-corrected chi connectivity index (χ3v) is 3.09. The molecule has 0 fully saturated rings. The predicted octanol–water partition coefficient (Wildman–Crippen LogP) is 4.45. The fraction of sp³-hybridized carbons (Fsp3) is 0.333. The van der Waals surface area contributed by atoms with E-state index in [2.05, 4.69) is 57.2 Å². The molecule has 0 unspecified atom stereocenters. The molecule has 0 aliphatic heterocycles. The van der Waals surface area contributed by atoms with E-state index in [4.69, 9.17) is 0 Å². The van der Waals surface area contributed by atoms with Crippen LogP contribution in [0.4, 0.5) is 0 Å². The van der Waals surface area contributed by atoms with Crippen LogP contribution in [0.2, 0.25) is 0 Å². The van der Waals surface area contributed by atoms with Gasteiger partial charge in [0.05, 0.1) is 0 Å². The van der Waals surface area contributed by atoms with Crippen LogP contribution >= 0.6 is 0 Å². The summed E-state index contributed by atoms with van der Waals surface area (Å²) in [5.74, 6) is 0.668. The maximum Gasteiger partial charge on any atom is -0.00961 e. The zero-order valence-corrected chi connectivity index (χ0v) is 9.75. The molecule has 0 aromatic heterocycles. The van der Waals surface area contributed by atoms with Gasteiger partial charge in [0.25, 0.3) is 0 Å². The first-order valence-corrected chi connectivity index (χ1v) is 5.64. The Morgan fingerprint density at radius 1 is 1.07 bits per heavy atom. The molecule has 0 amide bonds. The minimum absolute atomic E-state index is 0.668. The Kier molecular flexibility index (Phi) is 2.77. The highest BCUT2D eigenvalue weighted by atomic mass is 14.2. The van der Waals surface area contributed by atoms with E-state index in [0.29, 0.717) is 5.92 Å². The van der Waals surface area contributed by atoms with E-state index in [1.807, 2.05) is 0 Å². The van der Waals surface area contributed by atoms with Crippen molar-refractivity contribution < 1.29 is 0 Å². The summed E-state index contributed by atoms with van der Waals surface area (Å²) < 4.78 is 0. The van der Waals surface area contributed by atoms with Crippen LogP contribution in [-0.4, -0.2) is 0 Å². The van der Waals surface area contributed by atoms with Crippen molar-refractivity contribution >= 4 is 5.57 Å². The van der Waals surface area contributed by atoms with Crippen molar-refractivity contribution in [1.82, 2.24) is 0 Å². The smallest absolute Gasteiger partial charge is 0.00961 e. The average molecular weight is 198 g/mol. The molecule has 0 atom stereocenters. The molecule has 1 aromatic carbocycles. The third kappa shape index (κ3) is 2.04. The van der Waals surface area contributed by atoms with Gasteiger partial charge in [0.2, 0.25) is 0 Å². The zero-order valence-electron chi connectivity index (χ0n) is 9.75. The minimum atomic E-state index is 0.668. The largest absolute Gasteiger partial charge is 0.0630 e. The monoisotopic (exact) mass is 198 g/mol. The molecule has 0 spiro atoms. The van der Waals surface area contributed by atoms with Gasteiger partial charge in [-0.2, -0.15) is 0 Å². The molecular weight excluding hydrogens is 180 g/mol. The molecule has 0 nitrogen and oxygen atoms in total. The highest BCUT2D eigenvalue weighted by Crippen LogP contribution is 2.35. The Balaban J connectivity index is 2.34. The Morgan fingerprint density at radius 2 is 1.73 bits per heavy atom. The molecule has 0 heterocycles. The Bertz CT molecular complexity index is 405. The van der Waals surface area contributed by atoms with Gasteiger partial charge in [0.1, 0.15) is 0 Å². The lowest BCUT2D eigenvalue weighted by atomic mass is 10.0.